The Bertz CT molecular complexity index is 413. The van der Waals surface area contributed by atoms with Gasteiger partial charge in [-0.05, 0) is 18.1 Å². The van der Waals surface area contributed by atoms with Gasteiger partial charge in [-0.1, -0.05) is 30.3 Å². The predicted molar refractivity (Wildman–Crippen MR) is 52.3 cm³/mol. The van der Waals surface area contributed by atoms with Gasteiger partial charge >= 0.3 is 5.97 Å². The Morgan fingerprint density at radius 1 is 1.36 bits per heavy atom. The molecule has 0 aliphatic rings. The molecule has 3 heteroatoms. The molecule has 1 rings (SSSR count). The van der Waals surface area contributed by atoms with Crippen molar-refractivity contribution in [1.82, 2.24) is 0 Å². The van der Waals surface area contributed by atoms with Crippen LogP contribution in [0.2, 0.25) is 0 Å². The number of hydrogen-bond donors (Lipinski definition) is 1. The molecule has 0 atom stereocenters. The molecule has 0 saturated heterocycles. The highest BCUT2D eigenvalue weighted by atomic mass is 16.4. The van der Waals surface area contributed by atoms with Crippen LogP contribution < -0.4 is 0 Å². The highest BCUT2D eigenvalue weighted by Crippen LogP contribution is 2.17. The first-order chi connectivity index (χ1) is 6.66. The van der Waals surface area contributed by atoms with Gasteiger partial charge in [0.25, 0.3) is 0 Å². The number of nitrogens with zero attached hydrogens (tertiary/aromatic N) is 1. The smallest absolute Gasteiger partial charge is 0.346 e. The third kappa shape index (κ3) is 1.99. The molecule has 0 radical (unpaired) electrons. The van der Waals surface area contributed by atoms with Gasteiger partial charge in [0, 0.05) is 0 Å². The first-order valence-electron chi connectivity index (χ1n) is 4.06. The van der Waals surface area contributed by atoms with Crippen molar-refractivity contribution >= 4 is 11.5 Å². The Labute approximate surface area is 81.9 Å². The number of rotatable bonds is 2. The molecule has 1 aromatic carbocycles. The first kappa shape index (κ1) is 10.0. The lowest BCUT2D eigenvalue weighted by molar-refractivity contribution is -0.132. The maximum atomic E-state index is 10.7. The summed E-state index contributed by atoms with van der Waals surface area (Å²) in [5.41, 5.74) is 1.03. The van der Waals surface area contributed by atoms with Crippen LogP contribution in [-0.4, -0.2) is 11.1 Å². The van der Waals surface area contributed by atoms with E-state index < -0.39 is 5.97 Å². The summed E-state index contributed by atoms with van der Waals surface area (Å²) >= 11 is 0. The van der Waals surface area contributed by atoms with E-state index in [1.165, 1.54) is 0 Å². The topological polar surface area (TPSA) is 61.1 Å². The molecule has 14 heavy (non-hydrogen) atoms. The standard InChI is InChI=1S/C11H9NO2/c1-8(10(7-12)11(13)14)9-5-3-2-4-6-9/h2-6H,1H3,(H,13,14)/b10-8+. The Kier molecular flexibility index (Phi) is 3.03. The Morgan fingerprint density at radius 3 is 2.36 bits per heavy atom. The van der Waals surface area contributed by atoms with Crippen molar-refractivity contribution in [2.75, 3.05) is 0 Å². The second-order valence-electron chi connectivity index (χ2n) is 2.78. The number of carboxylic acids is 1. The predicted octanol–water partition coefficient (Wildman–Crippen LogP) is 2.07. The van der Waals surface area contributed by atoms with Gasteiger partial charge in [-0.2, -0.15) is 5.26 Å². The van der Waals surface area contributed by atoms with Crippen LogP contribution in [0.3, 0.4) is 0 Å². The van der Waals surface area contributed by atoms with Gasteiger partial charge in [-0.3, -0.25) is 0 Å². The largest absolute Gasteiger partial charge is 0.477 e. The molecule has 0 spiro atoms. The van der Waals surface area contributed by atoms with Crippen LogP contribution in [-0.2, 0) is 4.79 Å². The monoisotopic (exact) mass is 187 g/mol. The molecule has 0 heterocycles. The van der Waals surface area contributed by atoms with Crippen molar-refractivity contribution in [2.24, 2.45) is 0 Å². The number of aliphatic carboxylic acids is 1. The lowest BCUT2D eigenvalue weighted by atomic mass is 10.0. The van der Waals surface area contributed by atoms with E-state index in [1.807, 2.05) is 6.07 Å². The van der Waals surface area contributed by atoms with Crippen LogP contribution in [0.25, 0.3) is 5.57 Å². The summed E-state index contributed by atoms with van der Waals surface area (Å²) in [6.07, 6.45) is 0. The van der Waals surface area contributed by atoms with E-state index >= 15 is 0 Å². The average molecular weight is 187 g/mol. The fraction of sp³-hybridized carbons (Fsp3) is 0.0909. The zero-order valence-corrected chi connectivity index (χ0v) is 7.69. The maximum absolute atomic E-state index is 10.7. The molecule has 0 aromatic heterocycles. The van der Waals surface area contributed by atoms with Gasteiger partial charge in [0.05, 0.1) is 0 Å². The highest BCUT2D eigenvalue weighted by Gasteiger charge is 2.11. The third-order valence-corrected chi connectivity index (χ3v) is 1.91. The summed E-state index contributed by atoms with van der Waals surface area (Å²) in [5, 5.41) is 17.4. The van der Waals surface area contributed by atoms with E-state index in [2.05, 4.69) is 0 Å². The molecule has 1 aromatic rings. The number of nitriles is 1. The molecular weight excluding hydrogens is 178 g/mol. The van der Waals surface area contributed by atoms with Gasteiger partial charge in [0.1, 0.15) is 11.6 Å². The minimum atomic E-state index is -1.19. The quantitative estimate of drug-likeness (QED) is 0.569. The van der Waals surface area contributed by atoms with E-state index in [1.54, 1.807) is 37.3 Å². The minimum Gasteiger partial charge on any atom is -0.477 e. The van der Waals surface area contributed by atoms with E-state index in [0.717, 1.165) is 5.56 Å². The molecule has 3 nitrogen and oxygen atoms in total. The van der Waals surface area contributed by atoms with E-state index in [4.69, 9.17) is 10.4 Å². The average Bonchev–Trinajstić information content (AvgIpc) is 2.19. The van der Waals surface area contributed by atoms with Gasteiger partial charge in [0.2, 0.25) is 0 Å². The number of allylic oxidation sites excluding steroid dienone is 1. The van der Waals surface area contributed by atoms with Crippen LogP contribution >= 0.6 is 0 Å². The Hall–Kier alpha value is -2.08. The second kappa shape index (κ2) is 4.24. The number of benzene rings is 1. The third-order valence-electron chi connectivity index (χ3n) is 1.91. The molecule has 70 valence electrons. The van der Waals surface area contributed by atoms with Crippen molar-refractivity contribution in [3.8, 4) is 6.07 Å². The fourth-order valence-corrected chi connectivity index (χ4v) is 1.12. The van der Waals surface area contributed by atoms with Crippen LogP contribution in [0.15, 0.2) is 35.9 Å². The van der Waals surface area contributed by atoms with Crippen molar-refractivity contribution in [2.45, 2.75) is 6.92 Å². The second-order valence-corrected chi connectivity index (χ2v) is 2.78. The van der Waals surface area contributed by atoms with Crippen LogP contribution in [0.1, 0.15) is 12.5 Å². The normalized spacial score (nSPS) is 11.4. The Morgan fingerprint density at radius 2 is 1.93 bits per heavy atom. The number of carbonyl (C=O) groups is 1. The van der Waals surface area contributed by atoms with Gasteiger partial charge in [0.15, 0.2) is 0 Å². The Balaban J connectivity index is 3.23. The maximum Gasteiger partial charge on any atom is 0.346 e. The van der Waals surface area contributed by atoms with E-state index in [9.17, 15) is 4.79 Å². The van der Waals surface area contributed by atoms with Gasteiger partial charge < -0.3 is 5.11 Å². The molecule has 0 aliphatic heterocycles. The van der Waals surface area contributed by atoms with Gasteiger partial charge in [-0.15, -0.1) is 0 Å². The van der Waals surface area contributed by atoms with Crippen molar-refractivity contribution in [1.29, 1.82) is 5.26 Å². The number of hydrogen-bond acceptors (Lipinski definition) is 2. The molecular formula is C11H9NO2. The van der Waals surface area contributed by atoms with E-state index in [0.29, 0.717) is 5.57 Å². The molecule has 1 N–H and O–H groups in total. The lowest BCUT2D eigenvalue weighted by Gasteiger charge is -2.01. The number of carboxylic acid groups (broad SMARTS) is 1. The zero-order valence-electron chi connectivity index (χ0n) is 7.69. The summed E-state index contributed by atoms with van der Waals surface area (Å²) < 4.78 is 0. The van der Waals surface area contributed by atoms with Crippen molar-refractivity contribution in [3.63, 3.8) is 0 Å². The van der Waals surface area contributed by atoms with Crippen molar-refractivity contribution in [3.05, 3.63) is 41.5 Å². The minimum absolute atomic E-state index is 0.212. The zero-order chi connectivity index (χ0) is 10.6. The summed E-state index contributed by atoms with van der Waals surface area (Å²) in [6, 6.07) is 10.7. The molecule has 0 bridgehead atoms. The molecule has 0 amide bonds. The van der Waals surface area contributed by atoms with Crippen LogP contribution in [0.4, 0.5) is 0 Å². The molecule has 0 fully saturated rings. The summed E-state index contributed by atoms with van der Waals surface area (Å²) in [7, 11) is 0. The first-order valence-corrected chi connectivity index (χ1v) is 4.06. The van der Waals surface area contributed by atoms with Gasteiger partial charge in [-0.25, -0.2) is 4.79 Å². The summed E-state index contributed by atoms with van der Waals surface area (Å²) in [5.74, 6) is -1.19. The molecule has 0 aliphatic carbocycles. The van der Waals surface area contributed by atoms with Crippen molar-refractivity contribution < 1.29 is 9.90 Å². The molecule has 0 saturated carbocycles. The summed E-state index contributed by atoms with van der Waals surface area (Å²) in [6.45, 7) is 1.63. The fourth-order valence-electron chi connectivity index (χ4n) is 1.12. The summed E-state index contributed by atoms with van der Waals surface area (Å²) in [4.78, 5) is 10.7. The van der Waals surface area contributed by atoms with Crippen LogP contribution in [0.5, 0.6) is 0 Å². The lowest BCUT2D eigenvalue weighted by Crippen LogP contribution is -2.00. The SMILES string of the molecule is C/C(=C(/C#N)C(=O)O)c1ccccc1. The van der Waals surface area contributed by atoms with Crippen LogP contribution in [0, 0.1) is 11.3 Å². The highest BCUT2D eigenvalue weighted by molar-refractivity contribution is 6.00. The molecule has 0 unspecified atom stereocenters. The van der Waals surface area contributed by atoms with E-state index in [-0.39, 0.29) is 5.57 Å².